The van der Waals surface area contributed by atoms with Gasteiger partial charge >= 0.3 is 0 Å². The number of hydrogen-bond acceptors (Lipinski definition) is 4. The van der Waals surface area contributed by atoms with E-state index in [2.05, 4.69) is 22.1 Å². The third kappa shape index (κ3) is 14.0. The van der Waals surface area contributed by atoms with Crippen LogP contribution in [0.2, 0.25) is 0 Å². The summed E-state index contributed by atoms with van der Waals surface area (Å²) in [6, 6.07) is 0. The van der Waals surface area contributed by atoms with Gasteiger partial charge in [-0.1, -0.05) is 39.0 Å². The van der Waals surface area contributed by atoms with Gasteiger partial charge in [0.05, 0.1) is 19.8 Å². The molecule has 0 spiro atoms. The predicted molar refractivity (Wildman–Crippen MR) is 128 cm³/mol. The van der Waals surface area contributed by atoms with Crippen molar-refractivity contribution in [2.75, 3.05) is 66.8 Å². The van der Waals surface area contributed by atoms with Crippen LogP contribution in [0.25, 0.3) is 0 Å². The Morgan fingerprint density at radius 3 is 2.50 bits per heavy atom. The molecule has 0 amide bonds. The van der Waals surface area contributed by atoms with Gasteiger partial charge in [-0.25, -0.2) is 0 Å². The minimum absolute atomic E-state index is 0. The van der Waals surface area contributed by atoms with Gasteiger partial charge in [0, 0.05) is 52.9 Å². The van der Waals surface area contributed by atoms with E-state index in [1.54, 1.807) is 7.11 Å². The molecule has 0 bridgehead atoms. The summed E-state index contributed by atoms with van der Waals surface area (Å²) in [4.78, 5) is 6.76. The van der Waals surface area contributed by atoms with Gasteiger partial charge in [-0.15, -0.1) is 24.0 Å². The normalized spacial score (nSPS) is 17.0. The summed E-state index contributed by atoms with van der Waals surface area (Å²) < 4.78 is 16.4. The van der Waals surface area contributed by atoms with Crippen molar-refractivity contribution < 1.29 is 14.2 Å². The molecule has 0 aromatic heterocycles. The molecule has 0 aromatic rings. The first-order chi connectivity index (χ1) is 13.3. The second kappa shape index (κ2) is 20.2. The maximum atomic E-state index is 5.74. The van der Waals surface area contributed by atoms with Crippen LogP contribution in [-0.4, -0.2) is 77.7 Å². The maximum Gasteiger partial charge on any atom is 0.193 e. The van der Waals surface area contributed by atoms with Crippen LogP contribution in [0.15, 0.2) is 4.99 Å². The zero-order valence-electron chi connectivity index (χ0n) is 18.4. The van der Waals surface area contributed by atoms with Crippen LogP contribution in [0.3, 0.4) is 0 Å². The lowest BCUT2D eigenvalue weighted by molar-refractivity contribution is 0.0536. The fourth-order valence-electron chi connectivity index (χ4n) is 3.35. The molecule has 1 fully saturated rings. The van der Waals surface area contributed by atoms with Crippen LogP contribution in [-0.2, 0) is 14.2 Å². The van der Waals surface area contributed by atoms with E-state index in [1.165, 1.54) is 38.5 Å². The topological polar surface area (TPSA) is 55.3 Å². The van der Waals surface area contributed by atoms with Crippen LogP contribution >= 0.6 is 24.0 Å². The van der Waals surface area contributed by atoms with Crippen molar-refractivity contribution in [3.8, 4) is 0 Å². The monoisotopic (exact) mass is 513 g/mol. The third-order valence-electron chi connectivity index (χ3n) is 4.97. The highest BCUT2D eigenvalue weighted by Gasteiger charge is 2.24. The Bertz CT molecular complexity index is 373. The van der Waals surface area contributed by atoms with Crippen molar-refractivity contribution in [2.45, 2.75) is 58.3 Å². The van der Waals surface area contributed by atoms with E-state index in [0.717, 1.165) is 58.3 Å². The Kier molecular flexibility index (Phi) is 20.1. The number of methoxy groups -OCH3 is 1. The van der Waals surface area contributed by atoms with Crippen molar-refractivity contribution in [3.05, 3.63) is 0 Å². The number of guanidine groups is 1. The first kappa shape index (κ1) is 27.9. The molecule has 1 aliphatic heterocycles. The number of unbranched alkanes of at least 4 members (excludes halogenated alkanes) is 5. The number of rotatable bonds is 16. The van der Waals surface area contributed by atoms with Crippen molar-refractivity contribution >= 4 is 29.9 Å². The molecule has 1 saturated heterocycles. The van der Waals surface area contributed by atoms with E-state index in [0.29, 0.717) is 19.1 Å². The summed E-state index contributed by atoms with van der Waals surface area (Å²) in [5.74, 6) is 1.59. The summed E-state index contributed by atoms with van der Waals surface area (Å²) in [6.45, 7) is 9.12. The van der Waals surface area contributed by atoms with Gasteiger partial charge in [0.1, 0.15) is 0 Å². The Labute approximate surface area is 190 Å². The quantitative estimate of drug-likeness (QED) is 0.147. The molecule has 6 nitrogen and oxygen atoms in total. The number of halogens is 1. The summed E-state index contributed by atoms with van der Waals surface area (Å²) >= 11 is 0. The highest BCUT2D eigenvalue weighted by molar-refractivity contribution is 14.0. The summed E-state index contributed by atoms with van der Waals surface area (Å²) in [7, 11) is 3.57. The summed E-state index contributed by atoms with van der Waals surface area (Å²) in [6.07, 6.45) is 10.1. The van der Waals surface area contributed by atoms with Gasteiger partial charge in [0.15, 0.2) is 5.96 Å². The zero-order chi connectivity index (χ0) is 19.6. The van der Waals surface area contributed by atoms with Gasteiger partial charge in [-0.05, 0) is 19.3 Å². The molecule has 1 rings (SSSR count). The van der Waals surface area contributed by atoms with Crippen molar-refractivity contribution in [1.82, 2.24) is 10.2 Å². The number of aliphatic imine (C=N–C) groups is 1. The van der Waals surface area contributed by atoms with E-state index >= 15 is 0 Å². The number of likely N-dealkylation sites (tertiary alicyclic amines) is 1. The first-order valence-corrected chi connectivity index (χ1v) is 10.9. The molecular weight excluding hydrogens is 469 g/mol. The number of hydrogen-bond donors (Lipinski definition) is 1. The van der Waals surface area contributed by atoms with E-state index < -0.39 is 0 Å². The van der Waals surface area contributed by atoms with Crippen LogP contribution in [0.1, 0.15) is 58.3 Å². The Morgan fingerprint density at radius 2 is 1.75 bits per heavy atom. The molecule has 1 heterocycles. The minimum Gasteiger partial charge on any atom is -0.382 e. The van der Waals surface area contributed by atoms with Crippen molar-refractivity contribution in [1.29, 1.82) is 0 Å². The fourth-order valence-corrected chi connectivity index (χ4v) is 3.35. The lowest BCUT2D eigenvalue weighted by Crippen LogP contribution is -2.40. The smallest absolute Gasteiger partial charge is 0.193 e. The lowest BCUT2D eigenvalue weighted by Gasteiger charge is -2.21. The molecule has 0 radical (unpaired) electrons. The molecule has 168 valence electrons. The van der Waals surface area contributed by atoms with Crippen molar-refractivity contribution in [2.24, 2.45) is 10.9 Å². The highest BCUT2D eigenvalue weighted by Crippen LogP contribution is 2.16. The first-order valence-electron chi connectivity index (χ1n) is 10.9. The standard InChI is InChI=1S/C21H43N3O3.HI/c1-4-5-6-7-8-9-14-26-15-10-12-23-21(22-2)24-13-11-20(18-24)19-27-17-16-25-3;/h20H,4-19H2,1-3H3,(H,22,23);1H. The van der Waals surface area contributed by atoms with E-state index in [1.807, 2.05) is 7.05 Å². The minimum atomic E-state index is 0. The zero-order valence-corrected chi connectivity index (χ0v) is 20.7. The van der Waals surface area contributed by atoms with Gasteiger partial charge in [-0.3, -0.25) is 4.99 Å². The molecule has 1 unspecified atom stereocenters. The van der Waals surface area contributed by atoms with Crippen LogP contribution < -0.4 is 5.32 Å². The molecular formula is C21H44IN3O3. The van der Waals surface area contributed by atoms with Gasteiger partial charge in [0.25, 0.3) is 0 Å². The summed E-state index contributed by atoms with van der Waals surface area (Å²) in [5, 5.41) is 3.47. The largest absolute Gasteiger partial charge is 0.382 e. The fraction of sp³-hybridized carbons (Fsp3) is 0.952. The molecule has 1 aliphatic rings. The lowest BCUT2D eigenvalue weighted by atomic mass is 10.1. The molecule has 0 aliphatic carbocycles. The molecule has 0 aromatic carbocycles. The van der Waals surface area contributed by atoms with E-state index in [9.17, 15) is 0 Å². The van der Waals surface area contributed by atoms with Crippen LogP contribution in [0.5, 0.6) is 0 Å². The Balaban J connectivity index is 0.00000729. The SMILES string of the molecule is CCCCCCCCOCCCNC(=NC)N1CCC(COCCOC)C1.I. The van der Waals surface area contributed by atoms with Gasteiger partial charge in [0.2, 0.25) is 0 Å². The average Bonchev–Trinajstić information content (AvgIpc) is 3.15. The third-order valence-corrected chi connectivity index (χ3v) is 4.97. The van der Waals surface area contributed by atoms with Gasteiger partial charge < -0.3 is 24.4 Å². The number of nitrogens with zero attached hydrogens (tertiary/aromatic N) is 2. The number of nitrogens with one attached hydrogen (secondary N) is 1. The Morgan fingerprint density at radius 1 is 1.00 bits per heavy atom. The van der Waals surface area contributed by atoms with E-state index in [4.69, 9.17) is 14.2 Å². The van der Waals surface area contributed by atoms with Crippen molar-refractivity contribution in [3.63, 3.8) is 0 Å². The maximum absolute atomic E-state index is 5.74. The molecule has 0 saturated carbocycles. The molecule has 1 N–H and O–H groups in total. The second-order valence-corrected chi connectivity index (χ2v) is 7.38. The van der Waals surface area contributed by atoms with Crippen LogP contribution in [0, 0.1) is 5.92 Å². The molecule has 7 heteroatoms. The summed E-state index contributed by atoms with van der Waals surface area (Å²) in [5.41, 5.74) is 0. The second-order valence-electron chi connectivity index (χ2n) is 7.38. The number of ether oxygens (including phenoxy) is 3. The molecule has 28 heavy (non-hydrogen) atoms. The van der Waals surface area contributed by atoms with Crippen LogP contribution in [0.4, 0.5) is 0 Å². The highest BCUT2D eigenvalue weighted by atomic mass is 127. The van der Waals surface area contributed by atoms with Gasteiger partial charge in [-0.2, -0.15) is 0 Å². The predicted octanol–water partition coefficient (Wildman–Crippen LogP) is 3.93. The average molecular weight is 514 g/mol. The van der Waals surface area contributed by atoms with E-state index in [-0.39, 0.29) is 24.0 Å². The molecule has 1 atom stereocenters. The Hall–Kier alpha value is -0.120.